The molecular weight excluding hydrogens is 347 g/mol. The highest BCUT2D eigenvalue weighted by atomic mass is 79.9. The van der Waals surface area contributed by atoms with E-state index in [0.29, 0.717) is 11.3 Å². The third kappa shape index (κ3) is 2.78. The van der Waals surface area contributed by atoms with Crippen molar-refractivity contribution in [2.24, 2.45) is 0 Å². The molecule has 0 aliphatic rings. The molecule has 2 aromatic rings. The second kappa shape index (κ2) is 5.41. The van der Waals surface area contributed by atoms with E-state index < -0.39 is 20.7 Å². The van der Waals surface area contributed by atoms with Gasteiger partial charge in [-0.25, -0.2) is 12.8 Å². The van der Waals surface area contributed by atoms with Crippen LogP contribution in [0.1, 0.15) is 5.56 Å². The Labute approximate surface area is 125 Å². The first kappa shape index (κ1) is 14.8. The van der Waals surface area contributed by atoms with Crippen molar-refractivity contribution in [2.75, 3.05) is 10.5 Å². The molecule has 0 fully saturated rings. The SMILES string of the molecule is Cc1c(Br)cccc1NS(=O)(=O)c1c(N)cccc1F. The summed E-state index contributed by atoms with van der Waals surface area (Å²) in [5, 5.41) is 0. The predicted molar refractivity (Wildman–Crippen MR) is 80.5 cm³/mol. The molecule has 0 heterocycles. The monoisotopic (exact) mass is 358 g/mol. The first-order chi connectivity index (χ1) is 9.33. The summed E-state index contributed by atoms with van der Waals surface area (Å²) in [5.41, 5.74) is 6.49. The van der Waals surface area contributed by atoms with E-state index in [1.165, 1.54) is 12.1 Å². The molecule has 0 radical (unpaired) electrons. The van der Waals surface area contributed by atoms with E-state index in [9.17, 15) is 12.8 Å². The molecule has 0 atom stereocenters. The fourth-order valence-corrected chi connectivity index (χ4v) is 3.40. The van der Waals surface area contributed by atoms with Gasteiger partial charge in [-0.15, -0.1) is 0 Å². The highest BCUT2D eigenvalue weighted by molar-refractivity contribution is 9.10. The van der Waals surface area contributed by atoms with E-state index in [0.717, 1.165) is 10.5 Å². The molecule has 2 aromatic carbocycles. The zero-order valence-corrected chi connectivity index (χ0v) is 12.9. The summed E-state index contributed by atoms with van der Waals surface area (Å²) in [7, 11) is -4.08. The normalized spacial score (nSPS) is 11.3. The van der Waals surface area contributed by atoms with Crippen LogP contribution in [0.2, 0.25) is 0 Å². The number of anilines is 2. The van der Waals surface area contributed by atoms with Crippen molar-refractivity contribution in [3.63, 3.8) is 0 Å². The van der Waals surface area contributed by atoms with Gasteiger partial charge in [0.25, 0.3) is 10.0 Å². The van der Waals surface area contributed by atoms with E-state index in [4.69, 9.17) is 5.73 Å². The molecule has 106 valence electrons. The van der Waals surface area contributed by atoms with E-state index in [1.54, 1.807) is 25.1 Å². The Morgan fingerprint density at radius 1 is 1.20 bits per heavy atom. The average Bonchev–Trinajstić information content (AvgIpc) is 2.34. The molecule has 0 aliphatic heterocycles. The zero-order chi connectivity index (χ0) is 14.9. The third-order valence-corrected chi connectivity index (χ3v) is 5.09. The first-order valence-electron chi connectivity index (χ1n) is 5.65. The number of halogens is 2. The lowest BCUT2D eigenvalue weighted by Gasteiger charge is -2.13. The van der Waals surface area contributed by atoms with Crippen molar-refractivity contribution in [1.29, 1.82) is 0 Å². The highest BCUT2D eigenvalue weighted by Crippen LogP contribution is 2.28. The van der Waals surface area contributed by atoms with Crippen LogP contribution in [-0.4, -0.2) is 8.42 Å². The summed E-state index contributed by atoms with van der Waals surface area (Å²) in [6.45, 7) is 1.74. The molecule has 0 saturated carbocycles. The van der Waals surface area contributed by atoms with Gasteiger partial charge >= 0.3 is 0 Å². The van der Waals surface area contributed by atoms with Crippen LogP contribution >= 0.6 is 15.9 Å². The van der Waals surface area contributed by atoms with E-state index in [-0.39, 0.29) is 5.69 Å². The minimum atomic E-state index is -4.08. The van der Waals surface area contributed by atoms with Crippen molar-refractivity contribution in [2.45, 2.75) is 11.8 Å². The Morgan fingerprint density at radius 2 is 1.85 bits per heavy atom. The number of hydrogen-bond acceptors (Lipinski definition) is 3. The largest absolute Gasteiger partial charge is 0.398 e. The van der Waals surface area contributed by atoms with Crippen molar-refractivity contribution in [1.82, 2.24) is 0 Å². The number of hydrogen-bond donors (Lipinski definition) is 2. The van der Waals surface area contributed by atoms with Crippen LogP contribution in [0.25, 0.3) is 0 Å². The van der Waals surface area contributed by atoms with Crippen LogP contribution in [0.4, 0.5) is 15.8 Å². The molecule has 7 heteroatoms. The molecule has 0 aromatic heterocycles. The highest BCUT2D eigenvalue weighted by Gasteiger charge is 2.23. The number of nitrogens with one attached hydrogen (secondary N) is 1. The van der Waals surface area contributed by atoms with Gasteiger partial charge in [-0.3, -0.25) is 4.72 Å². The minimum absolute atomic E-state index is 0.134. The Balaban J connectivity index is 2.50. The molecule has 2 rings (SSSR count). The van der Waals surface area contributed by atoms with Gasteiger partial charge in [0, 0.05) is 4.47 Å². The lowest BCUT2D eigenvalue weighted by molar-refractivity contribution is 0.572. The van der Waals surface area contributed by atoms with Crippen molar-refractivity contribution in [3.05, 3.63) is 52.3 Å². The van der Waals surface area contributed by atoms with Crippen molar-refractivity contribution < 1.29 is 12.8 Å². The molecule has 0 unspecified atom stereocenters. The van der Waals surface area contributed by atoms with E-state index in [2.05, 4.69) is 20.7 Å². The summed E-state index contributed by atoms with van der Waals surface area (Å²) in [6.07, 6.45) is 0. The minimum Gasteiger partial charge on any atom is -0.398 e. The van der Waals surface area contributed by atoms with Crippen LogP contribution in [-0.2, 0) is 10.0 Å². The van der Waals surface area contributed by atoms with Crippen LogP contribution in [0.15, 0.2) is 45.8 Å². The van der Waals surface area contributed by atoms with Crippen LogP contribution in [0.3, 0.4) is 0 Å². The maximum Gasteiger partial charge on any atom is 0.266 e. The third-order valence-electron chi connectivity index (χ3n) is 2.78. The lowest BCUT2D eigenvalue weighted by Crippen LogP contribution is -2.17. The van der Waals surface area contributed by atoms with Gasteiger partial charge in [0.15, 0.2) is 0 Å². The number of sulfonamides is 1. The number of rotatable bonds is 3. The quantitative estimate of drug-likeness (QED) is 0.827. The molecule has 20 heavy (non-hydrogen) atoms. The Bertz CT molecular complexity index is 743. The first-order valence-corrected chi connectivity index (χ1v) is 7.92. The topological polar surface area (TPSA) is 72.2 Å². The number of benzene rings is 2. The summed E-state index contributed by atoms with van der Waals surface area (Å²) in [5.74, 6) is -0.884. The van der Waals surface area contributed by atoms with Gasteiger partial charge in [-0.2, -0.15) is 0 Å². The summed E-state index contributed by atoms with van der Waals surface area (Å²) in [6, 6.07) is 8.80. The Hall–Kier alpha value is -1.60. The smallest absolute Gasteiger partial charge is 0.266 e. The summed E-state index contributed by atoms with van der Waals surface area (Å²) < 4.78 is 41.3. The molecule has 4 nitrogen and oxygen atoms in total. The number of nitrogen functional groups attached to an aromatic ring is 1. The van der Waals surface area contributed by atoms with Gasteiger partial charge in [0.2, 0.25) is 0 Å². The van der Waals surface area contributed by atoms with E-state index >= 15 is 0 Å². The zero-order valence-electron chi connectivity index (χ0n) is 10.5. The fraction of sp³-hybridized carbons (Fsp3) is 0.0769. The lowest BCUT2D eigenvalue weighted by atomic mass is 10.2. The molecular formula is C13H12BrFN2O2S. The van der Waals surface area contributed by atoms with Crippen molar-refractivity contribution in [3.8, 4) is 0 Å². The Morgan fingerprint density at radius 3 is 2.50 bits per heavy atom. The molecule has 0 spiro atoms. The van der Waals surface area contributed by atoms with Crippen LogP contribution in [0, 0.1) is 12.7 Å². The maximum absolute atomic E-state index is 13.7. The average molecular weight is 359 g/mol. The standard InChI is InChI=1S/C13H12BrFN2O2S/c1-8-9(14)4-2-7-12(8)17-20(18,19)13-10(15)5-3-6-11(13)16/h2-7,17H,16H2,1H3. The van der Waals surface area contributed by atoms with Gasteiger partial charge in [-0.1, -0.05) is 28.1 Å². The molecule has 0 aliphatic carbocycles. The molecule has 0 saturated heterocycles. The van der Waals surface area contributed by atoms with E-state index in [1.807, 2.05) is 0 Å². The van der Waals surface area contributed by atoms with Gasteiger partial charge in [0.1, 0.15) is 10.7 Å². The second-order valence-corrected chi connectivity index (χ2v) is 6.65. The Kier molecular flexibility index (Phi) is 4.01. The molecule has 0 amide bonds. The molecule has 0 bridgehead atoms. The number of nitrogens with two attached hydrogens (primary N) is 1. The second-order valence-electron chi connectivity index (χ2n) is 4.18. The summed E-state index contributed by atoms with van der Waals surface area (Å²) in [4.78, 5) is -0.542. The van der Waals surface area contributed by atoms with Gasteiger partial charge in [0.05, 0.1) is 11.4 Å². The van der Waals surface area contributed by atoms with Crippen molar-refractivity contribution >= 4 is 37.3 Å². The summed E-state index contributed by atoms with van der Waals surface area (Å²) >= 11 is 3.31. The predicted octanol–water partition coefficient (Wildman–Crippen LogP) is 3.28. The van der Waals surface area contributed by atoms with Gasteiger partial charge < -0.3 is 5.73 Å². The van der Waals surface area contributed by atoms with Crippen LogP contribution in [0.5, 0.6) is 0 Å². The molecule has 3 N–H and O–H groups in total. The van der Waals surface area contributed by atoms with Gasteiger partial charge in [-0.05, 0) is 36.8 Å². The van der Waals surface area contributed by atoms with Crippen LogP contribution < -0.4 is 10.5 Å². The fourth-order valence-electron chi connectivity index (χ4n) is 1.72. The maximum atomic E-state index is 13.7.